The van der Waals surface area contributed by atoms with Crippen molar-refractivity contribution in [2.45, 2.75) is 35.7 Å². The second kappa shape index (κ2) is 4.42. The lowest BCUT2D eigenvalue weighted by Gasteiger charge is -2.02. The number of hydrogen-bond donors (Lipinski definition) is 1. The molecule has 0 amide bonds. The minimum Gasteiger partial charge on any atom is -0.392 e. The number of aliphatic hydroxyl groups excluding tert-OH is 1. The van der Waals surface area contributed by atoms with Crippen molar-refractivity contribution in [1.82, 2.24) is 25.2 Å². The van der Waals surface area contributed by atoms with Crippen LogP contribution in [-0.2, 0) is 6.61 Å². The molecular weight excluding hydrogens is 238 g/mol. The fraction of sp³-hybridized carbons (Fsp3) is 0.400. The summed E-state index contributed by atoms with van der Waals surface area (Å²) in [6.45, 7) is 0.0117. The van der Waals surface area contributed by atoms with Crippen LogP contribution in [0.3, 0.4) is 0 Å². The van der Waals surface area contributed by atoms with Crippen LogP contribution in [0.15, 0.2) is 28.5 Å². The third-order valence-corrected chi connectivity index (χ3v) is 3.43. The summed E-state index contributed by atoms with van der Waals surface area (Å²) in [5, 5.41) is 22.2. The summed E-state index contributed by atoms with van der Waals surface area (Å²) in [5.41, 5.74) is 0.802. The lowest BCUT2D eigenvalue weighted by Crippen LogP contribution is -1.98. The molecule has 0 spiro atoms. The van der Waals surface area contributed by atoms with Gasteiger partial charge in [0.2, 0.25) is 5.16 Å². The minimum atomic E-state index is 0.0117. The van der Waals surface area contributed by atoms with E-state index in [1.807, 2.05) is 16.8 Å². The Kier molecular flexibility index (Phi) is 2.77. The molecular formula is C10H11N5OS. The summed E-state index contributed by atoms with van der Waals surface area (Å²) < 4.78 is 1.85. The molecule has 1 aliphatic carbocycles. The van der Waals surface area contributed by atoms with Crippen molar-refractivity contribution in [3.63, 3.8) is 0 Å². The molecule has 1 N–H and O–H groups in total. The maximum absolute atomic E-state index is 8.93. The summed E-state index contributed by atoms with van der Waals surface area (Å²) in [5.74, 6) is 0. The van der Waals surface area contributed by atoms with Gasteiger partial charge in [0, 0.05) is 6.20 Å². The van der Waals surface area contributed by atoms with Gasteiger partial charge < -0.3 is 5.11 Å². The normalized spacial score (nSPS) is 15.1. The Hall–Kier alpha value is -1.47. The van der Waals surface area contributed by atoms with E-state index in [1.165, 1.54) is 11.8 Å². The van der Waals surface area contributed by atoms with Gasteiger partial charge in [0.25, 0.3) is 0 Å². The van der Waals surface area contributed by atoms with Gasteiger partial charge >= 0.3 is 0 Å². The number of hydrogen-bond acceptors (Lipinski definition) is 6. The lowest BCUT2D eigenvalue weighted by molar-refractivity contribution is 0.281. The van der Waals surface area contributed by atoms with Crippen LogP contribution in [0.4, 0.5) is 0 Å². The van der Waals surface area contributed by atoms with Crippen LogP contribution in [0.25, 0.3) is 0 Å². The van der Waals surface area contributed by atoms with E-state index in [4.69, 9.17) is 5.11 Å². The number of aromatic nitrogens is 5. The Morgan fingerprint density at radius 3 is 2.94 bits per heavy atom. The number of nitrogens with zero attached hydrogens (tertiary/aromatic N) is 5. The summed E-state index contributed by atoms with van der Waals surface area (Å²) in [6, 6.07) is 4.17. The average Bonchev–Trinajstić information content (AvgIpc) is 3.11. The van der Waals surface area contributed by atoms with Crippen molar-refractivity contribution in [2.24, 2.45) is 0 Å². The predicted octanol–water partition coefficient (Wildman–Crippen LogP) is 1.05. The van der Waals surface area contributed by atoms with Crippen LogP contribution >= 0.6 is 11.8 Å². The molecule has 0 saturated heterocycles. The SMILES string of the molecule is OCc1ccc(Sc2nnnn2C2CC2)nc1. The average molecular weight is 249 g/mol. The molecule has 2 heterocycles. The van der Waals surface area contributed by atoms with Crippen molar-refractivity contribution in [1.29, 1.82) is 0 Å². The van der Waals surface area contributed by atoms with Crippen molar-refractivity contribution in [2.75, 3.05) is 0 Å². The second-order valence-electron chi connectivity index (χ2n) is 3.90. The van der Waals surface area contributed by atoms with Gasteiger partial charge in [-0.2, -0.15) is 0 Å². The lowest BCUT2D eigenvalue weighted by atomic mass is 10.3. The zero-order chi connectivity index (χ0) is 11.7. The first-order chi connectivity index (χ1) is 8.36. The number of rotatable bonds is 4. The number of pyridine rings is 1. The van der Waals surface area contributed by atoms with Gasteiger partial charge in [0.1, 0.15) is 5.03 Å². The molecule has 0 unspecified atom stereocenters. The summed E-state index contributed by atoms with van der Waals surface area (Å²) >= 11 is 1.44. The Balaban J connectivity index is 1.78. The molecule has 0 atom stereocenters. The monoisotopic (exact) mass is 249 g/mol. The highest BCUT2D eigenvalue weighted by molar-refractivity contribution is 7.99. The highest BCUT2D eigenvalue weighted by Gasteiger charge is 2.28. The zero-order valence-corrected chi connectivity index (χ0v) is 9.84. The first kappa shape index (κ1) is 10.7. The minimum absolute atomic E-state index is 0.0117. The third-order valence-electron chi connectivity index (χ3n) is 2.53. The van der Waals surface area contributed by atoms with Crippen LogP contribution in [0.5, 0.6) is 0 Å². The quantitative estimate of drug-likeness (QED) is 0.872. The smallest absolute Gasteiger partial charge is 0.215 e. The second-order valence-corrected chi connectivity index (χ2v) is 4.89. The summed E-state index contributed by atoms with van der Waals surface area (Å²) in [6.07, 6.45) is 3.96. The highest BCUT2D eigenvalue weighted by Crippen LogP contribution is 2.37. The molecule has 2 aromatic rings. The van der Waals surface area contributed by atoms with Gasteiger partial charge in [-0.1, -0.05) is 6.07 Å². The summed E-state index contributed by atoms with van der Waals surface area (Å²) in [7, 11) is 0. The topological polar surface area (TPSA) is 76.7 Å². The van der Waals surface area contributed by atoms with Crippen molar-refractivity contribution in [3.05, 3.63) is 23.9 Å². The maximum Gasteiger partial charge on any atom is 0.215 e. The van der Waals surface area contributed by atoms with E-state index in [1.54, 1.807) is 6.20 Å². The summed E-state index contributed by atoms with van der Waals surface area (Å²) in [4.78, 5) is 4.24. The van der Waals surface area contributed by atoms with E-state index in [-0.39, 0.29) is 6.61 Å². The molecule has 1 saturated carbocycles. The molecule has 2 aromatic heterocycles. The molecule has 0 aliphatic heterocycles. The molecule has 1 aliphatic rings. The van der Waals surface area contributed by atoms with Crippen LogP contribution in [0.1, 0.15) is 24.4 Å². The molecule has 0 aromatic carbocycles. The maximum atomic E-state index is 8.93. The number of aliphatic hydroxyl groups is 1. The van der Waals surface area contributed by atoms with Crippen LogP contribution in [0.2, 0.25) is 0 Å². The van der Waals surface area contributed by atoms with Crippen LogP contribution in [0, 0.1) is 0 Å². The fourth-order valence-electron chi connectivity index (χ4n) is 1.46. The fourth-order valence-corrected chi connectivity index (χ4v) is 2.24. The van der Waals surface area contributed by atoms with Gasteiger partial charge in [-0.05, 0) is 46.7 Å². The van der Waals surface area contributed by atoms with Crippen molar-refractivity contribution in [3.8, 4) is 0 Å². The molecule has 0 radical (unpaired) electrons. The largest absolute Gasteiger partial charge is 0.392 e. The van der Waals surface area contributed by atoms with E-state index >= 15 is 0 Å². The van der Waals surface area contributed by atoms with Crippen molar-refractivity contribution < 1.29 is 5.11 Å². The standard InChI is InChI=1S/C10H11N5OS/c16-6-7-1-4-9(11-5-7)17-10-12-13-14-15(10)8-2-3-8/h1,4-5,8,16H,2-3,6H2. The van der Waals surface area contributed by atoms with Gasteiger partial charge in [0.05, 0.1) is 12.6 Å². The van der Waals surface area contributed by atoms with E-state index in [9.17, 15) is 0 Å². The van der Waals surface area contributed by atoms with Crippen LogP contribution < -0.4 is 0 Å². The van der Waals surface area contributed by atoms with Gasteiger partial charge in [-0.3, -0.25) is 0 Å². The molecule has 88 valence electrons. The van der Waals surface area contributed by atoms with Crippen molar-refractivity contribution >= 4 is 11.8 Å². The molecule has 3 rings (SSSR count). The molecule has 1 fully saturated rings. The van der Waals surface area contributed by atoms with Gasteiger partial charge in [0.15, 0.2) is 0 Å². The first-order valence-electron chi connectivity index (χ1n) is 5.38. The predicted molar refractivity (Wildman–Crippen MR) is 60.4 cm³/mol. The Morgan fingerprint density at radius 2 is 2.29 bits per heavy atom. The van der Waals surface area contributed by atoms with E-state index in [0.717, 1.165) is 28.6 Å². The highest BCUT2D eigenvalue weighted by atomic mass is 32.2. The van der Waals surface area contributed by atoms with Gasteiger partial charge in [-0.15, -0.1) is 5.10 Å². The molecule has 0 bridgehead atoms. The van der Waals surface area contributed by atoms with E-state index in [2.05, 4.69) is 20.5 Å². The zero-order valence-electron chi connectivity index (χ0n) is 9.02. The van der Waals surface area contributed by atoms with E-state index in [0.29, 0.717) is 6.04 Å². The van der Waals surface area contributed by atoms with Crippen LogP contribution in [-0.4, -0.2) is 30.3 Å². The first-order valence-corrected chi connectivity index (χ1v) is 6.20. The molecule has 6 nitrogen and oxygen atoms in total. The van der Waals surface area contributed by atoms with Gasteiger partial charge in [-0.25, -0.2) is 9.67 Å². The Morgan fingerprint density at radius 1 is 1.41 bits per heavy atom. The third kappa shape index (κ3) is 2.29. The van der Waals surface area contributed by atoms with E-state index < -0.39 is 0 Å². The molecule has 17 heavy (non-hydrogen) atoms. The Bertz CT molecular complexity index is 508. The Labute approximate surface area is 102 Å². The number of tetrazole rings is 1. The molecule has 7 heteroatoms.